The number of carbonyl (C=O) groups excluding carboxylic acids is 3. The highest BCUT2D eigenvalue weighted by Crippen LogP contribution is 2.40. The molecule has 0 atom stereocenters. The van der Waals surface area contributed by atoms with Crippen LogP contribution in [0.2, 0.25) is 0 Å². The summed E-state index contributed by atoms with van der Waals surface area (Å²) in [5, 5.41) is 7.93. The molecule has 1 aliphatic heterocycles. The van der Waals surface area contributed by atoms with E-state index in [0.29, 0.717) is 27.7 Å². The molecule has 1 fully saturated rings. The minimum absolute atomic E-state index is 0.0463. The van der Waals surface area contributed by atoms with Crippen molar-refractivity contribution in [2.45, 2.75) is 6.92 Å². The number of hydrogen-bond acceptors (Lipinski definition) is 9. The molecular weight excluding hydrogens is 552 g/mol. The molecule has 2 aromatic carbocycles. The van der Waals surface area contributed by atoms with Crippen LogP contribution in [0.1, 0.15) is 20.9 Å². The Morgan fingerprint density at radius 2 is 1.73 bits per heavy atom. The summed E-state index contributed by atoms with van der Waals surface area (Å²) in [5.41, 5.74) is 2.35. The van der Waals surface area contributed by atoms with Gasteiger partial charge in [-0.25, -0.2) is 4.68 Å². The molecule has 0 saturated carbocycles. The van der Waals surface area contributed by atoms with E-state index in [4.69, 9.17) is 14.2 Å². The highest BCUT2D eigenvalue weighted by Gasteiger charge is 2.35. The van der Waals surface area contributed by atoms with Crippen LogP contribution < -0.4 is 19.5 Å². The van der Waals surface area contributed by atoms with E-state index in [1.807, 2.05) is 48.0 Å². The van der Waals surface area contributed by atoms with Crippen molar-refractivity contribution in [3.8, 4) is 22.9 Å². The van der Waals surface area contributed by atoms with E-state index in [-0.39, 0.29) is 23.9 Å². The van der Waals surface area contributed by atoms with Crippen LogP contribution in [0.25, 0.3) is 22.0 Å². The second-order valence-corrected chi connectivity index (χ2v) is 10.7. The minimum atomic E-state index is -0.432. The third-order valence-electron chi connectivity index (χ3n) is 6.25. The highest BCUT2D eigenvalue weighted by molar-refractivity contribution is 8.18. The first-order valence-electron chi connectivity index (χ1n) is 12.2. The summed E-state index contributed by atoms with van der Waals surface area (Å²) >= 11 is 2.18. The van der Waals surface area contributed by atoms with Crippen LogP contribution in [-0.4, -0.2) is 66.2 Å². The van der Waals surface area contributed by atoms with Gasteiger partial charge in [0.1, 0.15) is 4.83 Å². The van der Waals surface area contributed by atoms with Gasteiger partial charge in [0, 0.05) is 18.5 Å². The Bertz CT molecular complexity index is 1620. The average molecular weight is 579 g/mol. The number of thioether (sulfide) groups is 1. The molecule has 206 valence electrons. The molecule has 3 heterocycles. The lowest BCUT2D eigenvalue weighted by Gasteiger charge is -2.13. The Kier molecular flexibility index (Phi) is 7.81. The fraction of sp³-hybridized carbons (Fsp3) is 0.214. The van der Waals surface area contributed by atoms with Crippen molar-refractivity contribution < 1.29 is 28.6 Å². The molecule has 5 rings (SSSR count). The maximum Gasteiger partial charge on any atom is 0.293 e. The minimum Gasteiger partial charge on any atom is -0.493 e. The van der Waals surface area contributed by atoms with Gasteiger partial charge in [0.25, 0.3) is 17.1 Å². The van der Waals surface area contributed by atoms with E-state index in [2.05, 4.69) is 10.4 Å². The number of nitrogens with zero attached hydrogens (tertiary/aromatic N) is 3. The first-order valence-corrected chi connectivity index (χ1v) is 13.9. The van der Waals surface area contributed by atoms with E-state index >= 15 is 0 Å². The topological polar surface area (TPSA) is 112 Å². The van der Waals surface area contributed by atoms with Gasteiger partial charge in [-0.1, -0.05) is 18.2 Å². The fourth-order valence-corrected chi connectivity index (χ4v) is 6.26. The van der Waals surface area contributed by atoms with Gasteiger partial charge in [-0.15, -0.1) is 11.3 Å². The largest absolute Gasteiger partial charge is 0.493 e. The molecule has 0 unspecified atom stereocenters. The molecule has 2 aromatic heterocycles. The Balaban J connectivity index is 1.26. The van der Waals surface area contributed by atoms with Crippen LogP contribution in [0.3, 0.4) is 0 Å². The fourth-order valence-electron chi connectivity index (χ4n) is 4.30. The molecular formula is C28H26N4O6S2. The average Bonchev–Trinajstić information content (AvgIpc) is 3.62. The number of fused-ring (bicyclic) bond motifs is 1. The molecule has 10 nitrogen and oxygen atoms in total. The smallest absolute Gasteiger partial charge is 0.293 e. The molecule has 1 saturated heterocycles. The molecule has 3 amide bonds. The maximum atomic E-state index is 13.0. The van der Waals surface area contributed by atoms with Gasteiger partial charge in [-0.05, 0) is 60.7 Å². The van der Waals surface area contributed by atoms with Gasteiger partial charge in [-0.2, -0.15) is 5.10 Å². The lowest BCUT2D eigenvalue weighted by Crippen LogP contribution is -2.37. The number of rotatable bonds is 9. The van der Waals surface area contributed by atoms with Gasteiger partial charge in [0.2, 0.25) is 5.75 Å². The second-order valence-electron chi connectivity index (χ2n) is 8.71. The third kappa shape index (κ3) is 5.15. The number of imide groups is 1. The molecule has 1 N–H and O–H groups in total. The summed E-state index contributed by atoms with van der Waals surface area (Å²) in [4.78, 5) is 41.3. The standard InChI is InChI=1S/C28H26N4O6S2/c1-16-19-15-22(39-27(19)32(30-16)18-8-6-5-7-9-18)25(33)29-10-11-31-26(34)23(40-28(31)35)14-17-12-20(36-2)24(38-4)21(13-17)37-3/h5-9,12-15H,10-11H2,1-4H3,(H,29,33)/b23-14-. The Labute approximate surface area is 238 Å². The number of aryl methyl sites for hydroxylation is 1. The third-order valence-corrected chi connectivity index (χ3v) is 8.27. The lowest BCUT2D eigenvalue weighted by molar-refractivity contribution is -0.122. The van der Waals surface area contributed by atoms with E-state index in [0.717, 1.165) is 38.3 Å². The first-order chi connectivity index (χ1) is 19.3. The predicted octanol–water partition coefficient (Wildman–Crippen LogP) is 4.89. The number of para-hydroxylation sites is 1. The predicted molar refractivity (Wildman–Crippen MR) is 155 cm³/mol. The van der Waals surface area contributed by atoms with Gasteiger partial charge in [0.05, 0.1) is 42.5 Å². The zero-order valence-corrected chi connectivity index (χ0v) is 23.9. The van der Waals surface area contributed by atoms with Crippen LogP contribution in [0.15, 0.2) is 53.4 Å². The summed E-state index contributed by atoms with van der Waals surface area (Å²) in [5.74, 6) is 0.585. The van der Waals surface area contributed by atoms with Crippen molar-refractivity contribution in [1.29, 1.82) is 0 Å². The summed E-state index contributed by atoms with van der Waals surface area (Å²) < 4.78 is 17.9. The molecule has 12 heteroatoms. The van der Waals surface area contributed by atoms with Gasteiger partial charge >= 0.3 is 0 Å². The van der Waals surface area contributed by atoms with Crippen molar-refractivity contribution in [1.82, 2.24) is 20.0 Å². The Morgan fingerprint density at radius 3 is 2.38 bits per heavy atom. The number of thiophene rings is 1. The normalized spacial score (nSPS) is 14.3. The van der Waals surface area contributed by atoms with Crippen molar-refractivity contribution >= 4 is 56.4 Å². The lowest BCUT2D eigenvalue weighted by atomic mass is 10.1. The maximum absolute atomic E-state index is 13.0. The molecule has 0 radical (unpaired) electrons. The van der Waals surface area contributed by atoms with E-state index in [1.54, 1.807) is 18.2 Å². The number of methoxy groups -OCH3 is 3. The number of aromatic nitrogens is 2. The molecule has 1 aliphatic rings. The molecule has 0 aliphatic carbocycles. The summed E-state index contributed by atoms with van der Waals surface area (Å²) in [6.07, 6.45) is 1.60. The monoisotopic (exact) mass is 578 g/mol. The molecule has 0 bridgehead atoms. The van der Waals surface area contributed by atoms with E-state index in [1.165, 1.54) is 32.7 Å². The SMILES string of the molecule is COc1cc(/C=C2\SC(=O)N(CCNC(=O)c3cc4c(C)nn(-c5ccccc5)c4s3)C2=O)cc(OC)c1OC. The number of nitrogens with one attached hydrogen (secondary N) is 1. The number of amides is 3. The number of carbonyl (C=O) groups is 3. The zero-order chi connectivity index (χ0) is 28.4. The summed E-state index contributed by atoms with van der Waals surface area (Å²) in [6, 6.07) is 14.9. The van der Waals surface area contributed by atoms with Crippen molar-refractivity contribution in [3.63, 3.8) is 0 Å². The van der Waals surface area contributed by atoms with E-state index in [9.17, 15) is 14.4 Å². The highest BCUT2D eigenvalue weighted by atomic mass is 32.2. The molecule has 0 spiro atoms. The van der Waals surface area contributed by atoms with Crippen LogP contribution in [-0.2, 0) is 4.79 Å². The Morgan fingerprint density at radius 1 is 1.02 bits per heavy atom. The second kappa shape index (κ2) is 11.4. The van der Waals surface area contributed by atoms with Crippen LogP contribution >= 0.6 is 23.1 Å². The van der Waals surface area contributed by atoms with Gasteiger partial charge < -0.3 is 19.5 Å². The quantitative estimate of drug-likeness (QED) is 0.280. The number of hydrogen-bond donors (Lipinski definition) is 1. The molecule has 40 heavy (non-hydrogen) atoms. The summed E-state index contributed by atoms with van der Waals surface area (Å²) in [7, 11) is 4.51. The molecule has 4 aromatic rings. The van der Waals surface area contributed by atoms with Gasteiger partial charge in [0.15, 0.2) is 11.5 Å². The van der Waals surface area contributed by atoms with Crippen molar-refractivity contribution in [2.24, 2.45) is 0 Å². The van der Waals surface area contributed by atoms with Crippen LogP contribution in [0, 0.1) is 6.92 Å². The van der Waals surface area contributed by atoms with Crippen molar-refractivity contribution in [2.75, 3.05) is 34.4 Å². The van der Waals surface area contributed by atoms with E-state index < -0.39 is 11.1 Å². The van der Waals surface area contributed by atoms with Crippen molar-refractivity contribution in [3.05, 3.63) is 69.6 Å². The summed E-state index contributed by atoms with van der Waals surface area (Å²) in [6.45, 7) is 2.07. The number of ether oxygens (including phenoxy) is 3. The first kappa shape index (κ1) is 27.3. The van der Waals surface area contributed by atoms with Gasteiger partial charge in [-0.3, -0.25) is 19.3 Å². The zero-order valence-electron chi connectivity index (χ0n) is 22.2. The Hall–Kier alpha value is -4.29. The van der Waals surface area contributed by atoms with Crippen LogP contribution in [0.4, 0.5) is 4.79 Å². The number of benzene rings is 2. The van der Waals surface area contributed by atoms with Crippen LogP contribution in [0.5, 0.6) is 17.2 Å².